The molecule has 0 aromatic rings. The molecule has 3 aliphatic rings. The second-order valence-corrected chi connectivity index (χ2v) is 4.72. The summed E-state index contributed by atoms with van der Waals surface area (Å²) in [6.07, 6.45) is 10.6. The summed E-state index contributed by atoms with van der Waals surface area (Å²) >= 11 is 0. The lowest BCUT2D eigenvalue weighted by Crippen LogP contribution is -2.26. The van der Waals surface area contributed by atoms with Crippen molar-refractivity contribution in [2.24, 2.45) is 17.8 Å². The van der Waals surface area contributed by atoms with E-state index < -0.39 is 0 Å². The first kappa shape index (κ1) is 7.14. The average molecular weight is 163 g/mol. The van der Waals surface area contributed by atoms with Crippen LogP contribution in [0.5, 0.6) is 0 Å². The van der Waals surface area contributed by atoms with Crippen LogP contribution in [0.4, 0.5) is 0 Å². The van der Waals surface area contributed by atoms with Crippen LogP contribution in [-0.4, -0.2) is 12.6 Å². The van der Waals surface area contributed by atoms with Gasteiger partial charge in [0.1, 0.15) is 0 Å². The lowest BCUT2D eigenvalue weighted by molar-refractivity contribution is 0.413. The molecule has 66 valence electrons. The van der Waals surface area contributed by atoms with Crippen LogP contribution in [0, 0.1) is 17.8 Å². The van der Waals surface area contributed by atoms with Crippen molar-refractivity contribution in [1.82, 2.24) is 5.32 Å². The molecule has 0 aliphatic heterocycles. The molecule has 0 saturated heterocycles. The zero-order valence-corrected chi connectivity index (χ0v) is 7.50. The SMILES string of the molecule is C1=CC2CC1CC2CNC1CC1. The summed E-state index contributed by atoms with van der Waals surface area (Å²) in [5.74, 6) is 2.85. The van der Waals surface area contributed by atoms with Crippen molar-refractivity contribution in [2.75, 3.05) is 6.54 Å². The molecule has 2 saturated carbocycles. The molecular formula is C11H17N. The van der Waals surface area contributed by atoms with Gasteiger partial charge in [0.15, 0.2) is 0 Å². The van der Waals surface area contributed by atoms with Gasteiger partial charge in [-0.2, -0.15) is 0 Å². The van der Waals surface area contributed by atoms with Crippen LogP contribution in [0.2, 0.25) is 0 Å². The molecule has 0 radical (unpaired) electrons. The van der Waals surface area contributed by atoms with Gasteiger partial charge in [0.05, 0.1) is 0 Å². The van der Waals surface area contributed by atoms with E-state index in [1.54, 1.807) is 0 Å². The molecule has 2 bridgehead atoms. The number of hydrogen-bond acceptors (Lipinski definition) is 1. The second-order valence-electron chi connectivity index (χ2n) is 4.72. The lowest BCUT2D eigenvalue weighted by Gasteiger charge is -2.18. The van der Waals surface area contributed by atoms with Crippen molar-refractivity contribution in [3.63, 3.8) is 0 Å². The van der Waals surface area contributed by atoms with E-state index in [0.29, 0.717) is 0 Å². The number of allylic oxidation sites excluding steroid dienone is 2. The van der Waals surface area contributed by atoms with E-state index in [1.165, 1.54) is 32.2 Å². The maximum absolute atomic E-state index is 3.65. The second kappa shape index (κ2) is 2.59. The normalized spacial score (nSPS) is 44.2. The molecule has 0 aromatic carbocycles. The van der Waals surface area contributed by atoms with Crippen molar-refractivity contribution in [2.45, 2.75) is 31.7 Å². The topological polar surface area (TPSA) is 12.0 Å². The molecule has 1 N–H and O–H groups in total. The van der Waals surface area contributed by atoms with Crippen molar-refractivity contribution in [3.8, 4) is 0 Å². The highest BCUT2D eigenvalue weighted by Gasteiger charge is 2.36. The van der Waals surface area contributed by atoms with E-state index in [2.05, 4.69) is 17.5 Å². The van der Waals surface area contributed by atoms with Crippen molar-refractivity contribution >= 4 is 0 Å². The van der Waals surface area contributed by atoms with Gasteiger partial charge in [-0.3, -0.25) is 0 Å². The average Bonchev–Trinajstić information content (AvgIpc) is 2.69. The van der Waals surface area contributed by atoms with Crippen LogP contribution in [-0.2, 0) is 0 Å². The number of rotatable bonds is 3. The highest BCUT2D eigenvalue weighted by Crippen LogP contribution is 2.43. The van der Waals surface area contributed by atoms with E-state index in [-0.39, 0.29) is 0 Å². The molecule has 2 fully saturated rings. The number of fused-ring (bicyclic) bond motifs is 2. The fourth-order valence-electron chi connectivity index (χ4n) is 2.73. The monoisotopic (exact) mass is 163 g/mol. The molecule has 3 unspecified atom stereocenters. The fraction of sp³-hybridized carbons (Fsp3) is 0.818. The van der Waals surface area contributed by atoms with Gasteiger partial charge in [-0.1, -0.05) is 12.2 Å². The van der Waals surface area contributed by atoms with E-state index in [4.69, 9.17) is 0 Å². The third kappa shape index (κ3) is 1.20. The number of hydrogen-bond donors (Lipinski definition) is 1. The molecule has 1 heteroatoms. The minimum absolute atomic E-state index is 0.896. The molecule has 0 amide bonds. The van der Waals surface area contributed by atoms with Crippen LogP contribution in [0.15, 0.2) is 12.2 Å². The summed E-state index contributed by atoms with van der Waals surface area (Å²) < 4.78 is 0. The zero-order chi connectivity index (χ0) is 7.97. The zero-order valence-electron chi connectivity index (χ0n) is 7.50. The van der Waals surface area contributed by atoms with Crippen LogP contribution in [0.3, 0.4) is 0 Å². The van der Waals surface area contributed by atoms with Gasteiger partial charge >= 0.3 is 0 Å². The molecular weight excluding hydrogens is 146 g/mol. The maximum Gasteiger partial charge on any atom is 0.00683 e. The lowest BCUT2D eigenvalue weighted by atomic mass is 9.94. The summed E-state index contributed by atoms with van der Waals surface area (Å²) in [7, 11) is 0. The van der Waals surface area contributed by atoms with Gasteiger partial charge in [0.25, 0.3) is 0 Å². The Kier molecular flexibility index (Phi) is 1.54. The minimum Gasteiger partial charge on any atom is -0.314 e. The van der Waals surface area contributed by atoms with Crippen LogP contribution in [0.1, 0.15) is 25.7 Å². The standard InChI is InChI=1S/C11H17N/c1-2-9-5-8(1)6-10(9)7-12-11-3-4-11/h1-2,8-12H,3-7H2. The Hall–Kier alpha value is -0.300. The van der Waals surface area contributed by atoms with E-state index in [9.17, 15) is 0 Å². The molecule has 0 heterocycles. The molecule has 0 spiro atoms. The first-order chi connectivity index (χ1) is 5.92. The predicted octanol–water partition coefficient (Wildman–Crippen LogP) is 1.95. The summed E-state index contributed by atoms with van der Waals surface area (Å²) in [6, 6.07) is 0.896. The van der Waals surface area contributed by atoms with E-state index in [0.717, 1.165) is 23.8 Å². The third-order valence-corrected chi connectivity index (χ3v) is 3.66. The van der Waals surface area contributed by atoms with Crippen molar-refractivity contribution < 1.29 is 0 Å². The van der Waals surface area contributed by atoms with Gasteiger partial charge in [0.2, 0.25) is 0 Å². The predicted molar refractivity (Wildman–Crippen MR) is 49.9 cm³/mol. The van der Waals surface area contributed by atoms with Gasteiger partial charge in [-0.25, -0.2) is 0 Å². The molecule has 3 atom stereocenters. The summed E-state index contributed by atoms with van der Waals surface area (Å²) in [4.78, 5) is 0. The molecule has 3 rings (SSSR count). The van der Waals surface area contributed by atoms with Gasteiger partial charge in [-0.05, 0) is 50.0 Å². The van der Waals surface area contributed by atoms with Gasteiger partial charge in [-0.15, -0.1) is 0 Å². The number of nitrogens with one attached hydrogen (secondary N) is 1. The van der Waals surface area contributed by atoms with Gasteiger partial charge in [0, 0.05) is 6.04 Å². The molecule has 12 heavy (non-hydrogen) atoms. The van der Waals surface area contributed by atoms with E-state index in [1.807, 2.05) is 0 Å². The quantitative estimate of drug-likeness (QED) is 0.627. The highest BCUT2D eigenvalue weighted by atomic mass is 14.9. The van der Waals surface area contributed by atoms with Crippen molar-refractivity contribution in [3.05, 3.63) is 12.2 Å². The maximum atomic E-state index is 3.65. The Bertz CT molecular complexity index is 205. The Morgan fingerprint density at radius 2 is 2.08 bits per heavy atom. The summed E-state index contributed by atoms with van der Waals surface area (Å²) in [5, 5.41) is 3.65. The Balaban J connectivity index is 1.53. The summed E-state index contributed by atoms with van der Waals surface area (Å²) in [6.45, 7) is 1.29. The first-order valence-corrected chi connectivity index (χ1v) is 5.33. The van der Waals surface area contributed by atoms with Gasteiger partial charge < -0.3 is 5.32 Å². The molecule has 1 nitrogen and oxygen atoms in total. The van der Waals surface area contributed by atoms with Crippen molar-refractivity contribution in [1.29, 1.82) is 0 Å². The Labute approximate surface area is 74.2 Å². The Morgan fingerprint density at radius 3 is 2.67 bits per heavy atom. The van der Waals surface area contributed by atoms with Crippen LogP contribution < -0.4 is 5.32 Å². The van der Waals surface area contributed by atoms with Crippen LogP contribution in [0.25, 0.3) is 0 Å². The third-order valence-electron chi connectivity index (χ3n) is 3.66. The summed E-state index contributed by atoms with van der Waals surface area (Å²) in [5.41, 5.74) is 0. The smallest absolute Gasteiger partial charge is 0.00683 e. The van der Waals surface area contributed by atoms with Crippen LogP contribution >= 0.6 is 0 Å². The fourth-order valence-corrected chi connectivity index (χ4v) is 2.73. The highest BCUT2D eigenvalue weighted by molar-refractivity contribution is 5.10. The molecule has 0 aromatic heterocycles. The largest absolute Gasteiger partial charge is 0.314 e. The Morgan fingerprint density at radius 1 is 1.17 bits per heavy atom. The molecule has 3 aliphatic carbocycles. The van der Waals surface area contributed by atoms with E-state index >= 15 is 0 Å². The first-order valence-electron chi connectivity index (χ1n) is 5.33. The minimum atomic E-state index is 0.896.